The van der Waals surface area contributed by atoms with Gasteiger partial charge in [0.1, 0.15) is 11.4 Å². The minimum Gasteiger partial charge on any atom is -0.338 e. The Morgan fingerprint density at radius 1 is 1.03 bits per heavy atom. The Morgan fingerprint density at radius 3 is 2.51 bits per heavy atom. The molecule has 5 rings (SSSR count). The summed E-state index contributed by atoms with van der Waals surface area (Å²) in [6, 6.07) is 17.3. The lowest BCUT2D eigenvalue weighted by atomic mass is 9.96. The van der Waals surface area contributed by atoms with Gasteiger partial charge in [0.15, 0.2) is 5.82 Å². The number of aromatic nitrogens is 3. The van der Waals surface area contributed by atoms with Crippen molar-refractivity contribution in [2.45, 2.75) is 19.8 Å². The molecule has 2 aromatic heterocycles. The Kier molecular flexibility index (Phi) is 6.18. The van der Waals surface area contributed by atoms with Crippen molar-refractivity contribution >= 4 is 17.5 Å². The molecule has 3 heterocycles. The number of anilines is 1. The minimum atomic E-state index is -0.344. The number of halogens is 1. The number of rotatable bonds is 5. The molecular formula is C27H26FN5O2. The summed E-state index contributed by atoms with van der Waals surface area (Å²) >= 11 is 0. The number of nitrogens with zero attached hydrogens (tertiary/aromatic N) is 4. The van der Waals surface area contributed by atoms with Gasteiger partial charge in [-0.1, -0.05) is 18.2 Å². The second-order valence-electron chi connectivity index (χ2n) is 8.75. The highest BCUT2D eigenvalue weighted by molar-refractivity contribution is 5.98. The Labute approximate surface area is 202 Å². The zero-order valence-corrected chi connectivity index (χ0v) is 19.4. The number of benzene rings is 2. The molecule has 1 fully saturated rings. The van der Waals surface area contributed by atoms with Crippen molar-refractivity contribution in [3.63, 3.8) is 0 Å². The van der Waals surface area contributed by atoms with Crippen LogP contribution in [0, 0.1) is 18.7 Å². The van der Waals surface area contributed by atoms with Crippen molar-refractivity contribution in [2.24, 2.45) is 5.92 Å². The Balaban J connectivity index is 1.40. The topological polar surface area (TPSA) is 72.2 Å². The fourth-order valence-corrected chi connectivity index (χ4v) is 4.48. The molecule has 0 radical (unpaired) electrons. The third-order valence-corrected chi connectivity index (χ3v) is 6.38. The fourth-order valence-electron chi connectivity index (χ4n) is 4.48. The van der Waals surface area contributed by atoms with Gasteiger partial charge in [0, 0.05) is 31.2 Å². The molecule has 0 bridgehead atoms. The Hall–Kier alpha value is -4.20. The molecule has 2 aromatic carbocycles. The molecule has 0 unspecified atom stereocenters. The molecule has 35 heavy (non-hydrogen) atoms. The van der Waals surface area contributed by atoms with Gasteiger partial charge < -0.3 is 14.8 Å². The molecule has 1 aliphatic rings. The van der Waals surface area contributed by atoms with Crippen LogP contribution in [0.25, 0.3) is 11.5 Å². The van der Waals surface area contributed by atoms with Crippen LogP contribution < -0.4 is 5.32 Å². The largest absolute Gasteiger partial charge is 0.338 e. The number of para-hydroxylation sites is 1. The van der Waals surface area contributed by atoms with Crippen LogP contribution in [0.4, 0.5) is 10.1 Å². The molecule has 0 saturated carbocycles. The summed E-state index contributed by atoms with van der Waals surface area (Å²) in [5.41, 5.74) is 2.85. The molecule has 2 amide bonds. The number of carbonyl (C=O) groups excluding carboxylic acids is 2. The minimum absolute atomic E-state index is 0.0792. The number of hydrogen-bond acceptors (Lipinski definition) is 3. The fraction of sp³-hybridized carbons (Fsp3) is 0.222. The van der Waals surface area contributed by atoms with Crippen molar-refractivity contribution in [2.75, 3.05) is 18.4 Å². The summed E-state index contributed by atoms with van der Waals surface area (Å²) in [7, 11) is 0. The third kappa shape index (κ3) is 4.59. The molecule has 178 valence electrons. The number of hydrogen-bond donors (Lipinski definition) is 1. The monoisotopic (exact) mass is 471 g/mol. The quantitative estimate of drug-likeness (QED) is 0.462. The van der Waals surface area contributed by atoms with Gasteiger partial charge in [0.05, 0.1) is 17.8 Å². The maximum atomic E-state index is 13.7. The number of aryl methyl sites for hydroxylation is 1. The van der Waals surface area contributed by atoms with E-state index < -0.39 is 0 Å². The van der Waals surface area contributed by atoms with Crippen molar-refractivity contribution in [1.29, 1.82) is 0 Å². The predicted octanol–water partition coefficient (Wildman–Crippen LogP) is 4.60. The smallest absolute Gasteiger partial charge is 0.259 e. The second kappa shape index (κ2) is 9.58. The molecule has 1 saturated heterocycles. The van der Waals surface area contributed by atoms with Crippen molar-refractivity contribution in [1.82, 2.24) is 19.2 Å². The van der Waals surface area contributed by atoms with E-state index in [2.05, 4.69) is 10.4 Å². The van der Waals surface area contributed by atoms with Gasteiger partial charge in [-0.05, 0) is 67.8 Å². The molecular weight excluding hydrogens is 445 g/mol. The van der Waals surface area contributed by atoms with Crippen LogP contribution in [0.1, 0.15) is 28.8 Å². The standard InChI is InChI=1S/C27H26FN5O2/c1-19-7-2-3-9-24(19)30-25(34)20-8-6-16-32(18-20)27(35)23-17-29-33(22-12-10-21(28)11-13-22)26(23)31-14-4-5-15-31/h2-5,7,9-15,17,20H,6,8,16,18H2,1H3,(H,30,34)/t20-/m0/s1. The second-order valence-corrected chi connectivity index (χ2v) is 8.75. The zero-order chi connectivity index (χ0) is 24.4. The van der Waals surface area contributed by atoms with E-state index >= 15 is 0 Å². The molecule has 1 aliphatic heterocycles. The molecule has 1 N–H and O–H groups in total. The van der Waals surface area contributed by atoms with E-state index in [1.807, 2.05) is 60.3 Å². The average molecular weight is 472 g/mol. The highest BCUT2D eigenvalue weighted by Crippen LogP contribution is 2.25. The van der Waals surface area contributed by atoms with Crippen molar-refractivity contribution in [3.8, 4) is 11.5 Å². The molecule has 1 atom stereocenters. The van der Waals surface area contributed by atoms with Crippen LogP contribution in [-0.2, 0) is 4.79 Å². The summed E-state index contributed by atoms with van der Waals surface area (Å²) in [6.07, 6.45) is 6.67. The Morgan fingerprint density at radius 2 is 1.77 bits per heavy atom. The van der Waals surface area contributed by atoms with Crippen LogP contribution in [0.15, 0.2) is 79.3 Å². The van der Waals surface area contributed by atoms with Gasteiger partial charge >= 0.3 is 0 Å². The SMILES string of the molecule is Cc1ccccc1NC(=O)[C@H]1CCCN(C(=O)c2cnn(-c3ccc(F)cc3)c2-n2cccc2)C1. The first-order valence-corrected chi connectivity index (χ1v) is 11.6. The summed E-state index contributed by atoms with van der Waals surface area (Å²) in [4.78, 5) is 28.4. The van der Waals surface area contributed by atoms with Crippen LogP contribution in [0.3, 0.4) is 0 Å². The van der Waals surface area contributed by atoms with Crippen LogP contribution >= 0.6 is 0 Å². The van der Waals surface area contributed by atoms with Gasteiger partial charge in [-0.15, -0.1) is 0 Å². The van der Waals surface area contributed by atoms with Crippen LogP contribution in [0.2, 0.25) is 0 Å². The van der Waals surface area contributed by atoms with E-state index in [0.29, 0.717) is 30.2 Å². The highest BCUT2D eigenvalue weighted by Gasteiger charge is 2.31. The van der Waals surface area contributed by atoms with Gasteiger partial charge in [-0.25, -0.2) is 9.07 Å². The molecule has 4 aromatic rings. The summed E-state index contributed by atoms with van der Waals surface area (Å²) < 4.78 is 16.9. The van der Waals surface area contributed by atoms with Gasteiger partial charge in [0.25, 0.3) is 5.91 Å². The lowest BCUT2D eigenvalue weighted by Gasteiger charge is -2.32. The van der Waals surface area contributed by atoms with Crippen molar-refractivity contribution in [3.05, 3.63) is 96.2 Å². The first-order chi connectivity index (χ1) is 17.0. The number of likely N-dealkylation sites (tertiary alicyclic amines) is 1. The molecule has 7 nitrogen and oxygen atoms in total. The van der Waals surface area contributed by atoms with E-state index in [-0.39, 0.29) is 23.5 Å². The average Bonchev–Trinajstić information content (AvgIpc) is 3.55. The summed E-state index contributed by atoms with van der Waals surface area (Å²) in [6.45, 7) is 2.86. The van der Waals surface area contributed by atoms with Crippen molar-refractivity contribution < 1.29 is 14.0 Å². The van der Waals surface area contributed by atoms with E-state index in [1.165, 1.54) is 18.3 Å². The molecule has 8 heteroatoms. The predicted molar refractivity (Wildman–Crippen MR) is 131 cm³/mol. The van der Waals surface area contributed by atoms with E-state index in [1.54, 1.807) is 21.7 Å². The highest BCUT2D eigenvalue weighted by atomic mass is 19.1. The summed E-state index contributed by atoms with van der Waals surface area (Å²) in [5.74, 6) is -0.337. The third-order valence-electron chi connectivity index (χ3n) is 6.38. The molecule has 0 aliphatic carbocycles. The van der Waals surface area contributed by atoms with E-state index in [0.717, 1.165) is 24.1 Å². The normalized spacial score (nSPS) is 15.7. The molecule has 0 spiro atoms. The zero-order valence-electron chi connectivity index (χ0n) is 19.4. The maximum Gasteiger partial charge on any atom is 0.259 e. The van der Waals surface area contributed by atoms with E-state index in [4.69, 9.17) is 0 Å². The Bertz CT molecular complexity index is 1340. The number of amides is 2. The van der Waals surface area contributed by atoms with Gasteiger partial charge in [-0.3, -0.25) is 9.59 Å². The summed E-state index contributed by atoms with van der Waals surface area (Å²) in [5, 5.41) is 7.47. The number of carbonyl (C=O) groups is 2. The maximum absolute atomic E-state index is 13.7. The lowest BCUT2D eigenvalue weighted by Crippen LogP contribution is -2.44. The number of nitrogens with one attached hydrogen (secondary N) is 1. The number of piperidine rings is 1. The van der Waals surface area contributed by atoms with E-state index in [9.17, 15) is 14.0 Å². The first kappa shape index (κ1) is 22.6. The van der Waals surface area contributed by atoms with Gasteiger partial charge in [0.2, 0.25) is 5.91 Å². The van der Waals surface area contributed by atoms with Crippen LogP contribution in [-0.4, -0.2) is 44.2 Å². The van der Waals surface area contributed by atoms with Gasteiger partial charge in [-0.2, -0.15) is 5.10 Å². The van der Waals surface area contributed by atoms with Crippen LogP contribution in [0.5, 0.6) is 0 Å². The first-order valence-electron chi connectivity index (χ1n) is 11.6. The lowest BCUT2D eigenvalue weighted by molar-refractivity contribution is -0.121.